The molecule has 5 nitrogen and oxygen atoms in total. The van der Waals surface area contributed by atoms with Gasteiger partial charge in [0, 0.05) is 13.2 Å². The number of hydrogen-bond donors (Lipinski definition) is 0. The molecule has 26 heavy (non-hydrogen) atoms. The van der Waals surface area contributed by atoms with Gasteiger partial charge in [0.05, 0.1) is 16.3 Å². The number of aryl methyl sites for hydroxylation is 2. The highest BCUT2D eigenvalue weighted by Crippen LogP contribution is 2.18. The van der Waals surface area contributed by atoms with Gasteiger partial charge in [0.15, 0.2) is 15.6 Å². The van der Waals surface area contributed by atoms with Gasteiger partial charge >= 0.3 is 0 Å². The molecule has 0 bridgehead atoms. The fourth-order valence-corrected chi connectivity index (χ4v) is 3.38. The van der Waals surface area contributed by atoms with Gasteiger partial charge in [0.25, 0.3) is 0 Å². The fourth-order valence-electron chi connectivity index (χ4n) is 2.75. The van der Waals surface area contributed by atoms with Crippen molar-refractivity contribution in [2.45, 2.75) is 24.7 Å². The van der Waals surface area contributed by atoms with Crippen LogP contribution in [0, 0.1) is 0 Å². The summed E-state index contributed by atoms with van der Waals surface area (Å²) in [6, 6.07) is 18.3. The Hall–Kier alpha value is -2.73. The van der Waals surface area contributed by atoms with E-state index in [0.717, 1.165) is 18.5 Å². The largest absolute Gasteiger partial charge is 0.293 e. The second-order valence-electron chi connectivity index (χ2n) is 6.24. The highest BCUT2D eigenvalue weighted by molar-refractivity contribution is 7.90. The molecule has 1 aromatic heterocycles. The number of benzene rings is 2. The zero-order chi connectivity index (χ0) is 18.7. The molecular weight excluding hydrogens is 348 g/mol. The molecule has 2 aromatic carbocycles. The van der Waals surface area contributed by atoms with Crippen molar-refractivity contribution in [3.63, 3.8) is 0 Å². The number of ketones is 1. The van der Waals surface area contributed by atoms with Crippen LogP contribution in [0.2, 0.25) is 0 Å². The first-order valence-electron chi connectivity index (χ1n) is 8.29. The zero-order valence-corrected chi connectivity index (χ0v) is 15.5. The third-order valence-corrected chi connectivity index (χ3v) is 5.27. The minimum atomic E-state index is -3.26. The van der Waals surface area contributed by atoms with E-state index in [9.17, 15) is 13.2 Å². The van der Waals surface area contributed by atoms with Crippen LogP contribution in [-0.4, -0.2) is 30.2 Å². The summed E-state index contributed by atoms with van der Waals surface area (Å²) in [6.07, 6.45) is 2.72. The van der Waals surface area contributed by atoms with E-state index in [-0.39, 0.29) is 10.7 Å². The molecular formula is C20H20N2O3S. The summed E-state index contributed by atoms with van der Waals surface area (Å²) in [5.74, 6) is -0.0874. The SMILES string of the molecule is CC(=O)c1cc(CCc2ccccc2)nn1-c1ccc(S(C)(=O)=O)cc1. The van der Waals surface area contributed by atoms with E-state index in [1.54, 1.807) is 22.9 Å². The van der Waals surface area contributed by atoms with Crippen LogP contribution in [0.15, 0.2) is 65.6 Å². The van der Waals surface area contributed by atoms with Crippen LogP contribution in [-0.2, 0) is 22.7 Å². The van der Waals surface area contributed by atoms with E-state index < -0.39 is 9.84 Å². The smallest absolute Gasteiger partial charge is 0.178 e. The number of carbonyl (C=O) groups excluding carboxylic acids is 1. The maximum atomic E-state index is 12.0. The average Bonchev–Trinajstić information content (AvgIpc) is 3.05. The molecule has 0 saturated heterocycles. The van der Waals surface area contributed by atoms with E-state index in [1.165, 1.54) is 30.9 Å². The molecule has 0 radical (unpaired) electrons. The second kappa shape index (κ2) is 7.25. The van der Waals surface area contributed by atoms with Crippen LogP contribution in [0.25, 0.3) is 5.69 Å². The van der Waals surface area contributed by atoms with Crippen LogP contribution in [0.1, 0.15) is 28.7 Å². The molecule has 0 saturated carbocycles. The van der Waals surface area contributed by atoms with Crippen molar-refractivity contribution < 1.29 is 13.2 Å². The van der Waals surface area contributed by atoms with Crippen LogP contribution in [0.5, 0.6) is 0 Å². The Morgan fingerprint density at radius 3 is 2.23 bits per heavy atom. The van der Waals surface area contributed by atoms with Crippen molar-refractivity contribution in [3.8, 4) is 5.69 Å². The number of sulfone groups is 1. The molecule has 3 rings (SSSR count). The zero-order valence-electron chi connectivity index (χ0n) is 14.7. The number of nitrogens with zero attached hydrogens (tertiary/aromatic N) is 2. The lowest BCUT2D eigenvalue weighted by molar-refractivity contribution is 0.101. The fraction of sp³-hybridized carbons (Fsp3) is 0.200. The van der Waals surface area contributed by atoms with Gasteiger partial charge in [0.2, 0.25) is 0 Å². The van der Waals surface area contributed by atoms with E-state index >= 15 is 0 Å². The van der Waals surface area contributed by atoms with Crippen LogP contribution in [0.4, 0.5) is 0 Å². The summed E-state index contributed by atoms with van der Waals surface area (Å²) < 4.78 is 24.8. The third-order valence-electron chi connectivity index (χ3n) is 4.14. The van der Waals surface area contributed by atoms with Gasteiger partial charge in [-0.1, -0.05) is 30.3 Å². The third kappa shape index (κ3) is 4.08. The highest BCUT2D eigenvalue weighted by Gasteiger charge is 2.14. The van der Waals surface area contributed by atoms with Gasteiger partial charge < -0.3 is 0 Å². The molecule has 0 spiro atoms. The molecule has 0 amide bonds. The number of hydrogen-bond acceptors (Lipinski definition) is 4. The maximum Gasteiger partial charge on any atom is 0.178 e. The lowest BCUT2D eigenvalue weighted by atomic mass is 10.1. The maximum absolute atomic E-state index is 12.0. The summed E-state index contributed by atoms with van der Waals surface area (Å²) in [5.41, 5.74) is 3.18. The minimum absolute atomic E-state index is 0.0874. The Labute approximate surface area is 153 Å². The Balaban J connectivity index is 1.89. The van der Waals surface area contributed by atoms with Gasteiger partial charge in [-0.15, -0.1) is 0 Å². The lowest BCUT2D eigenvalue weighted by Gasteiger charge is -2.06. The Bertz CT molecular complexity index is 1020. The molecule has 3 aromatic rings. The van der Waals surface area contributed by atoms with Crippen molar-refractivity contribution in [1.29, 1.82) is 0 Å². The van der Waals surface area contributed by atoms with Gasteiger partial charge in [0.1, 0.15) is 5.69 Å². The second-order valence-corrected chi connectivity index (χ2v) is 8.26. The van der Waals surface area contributed by atoms with Crippen LogP contribution < -0.4 is 0 Å². The molecule has 0 unspecified atom stereocenters. The predicted molar refractivity (Wildman–Crippen MR) is 101 cm³/mol. The first kappa shape index (κ1) is 18.1. The predicted octanol–water partition coefficient (Wildman–Crippen LogP) is 3.26. The Kier molecular flexibility index (Phi) is 5.04. The van der Waals surface area contributed by atoms with Crippen molar-refractivity contribution in [3.05, 3.63) is 77.6 Å². The van der Waals surface area contributed by atoms with E-state index in [4.69, 9.17) is 0 Å². The van der Waals surface area contributed by atoms with Gasteiger partial charge in [-0.05, 0) is 48.7 Å². The average molecular weight is 368 g/mol. The van der Waals surface area contributed by atoms with Gasteiger partial charge in [-0.25, -0.2) is 13.1 Å². The molecule has 0 N–H and O–H groups in total. The normalized spacial score (nSPS) is 11.5. The van der Waals surface area contributed by atoms with Crippen molar-refractivity contribution in [2.75, 3.05) is 6.26 Å². The number of Topliss-reactive ketones (excluding diaryl/α,β-unsaturated/α-hetero) is 1. The quantitative estimate of drug-likeness (QED) is 0.626. The highest BCUT2D eigenvalue weighted by atomic mass is 32.2. The summed E-state index contributed by atoms with van der Waals surface area (Å²) >= 11 is 0. The molecule has 0 aliphatic heterocycles. The lowest BCUT2D eigenvalue weighted by Crippen LogP contribution is -2.06. The van der Waals surface area contributed by atoms with Crippen LogP contribution >= 0.6 is 0 Å². The summed E-state index contributed by atoms with van der Waals surface area (Å²) in [4.78, 5) is 12.2. The number of rotatable bonds is 6. The number of carbonyl (C=O) groups is 1. The first-order chi connectivity index (χ1) is 12.3. The minimum Gasteiger partial charge on any atom is -0.293 e. The molecule has 0 aliphatic rings. The van der Waals surface area contributed by atoms with E-state index in [0.29, 0.717) is 11.4 Å². The van der Waals surface area contributed by atoms with Gasteiger partial charge in [-0.3, -0.25) is 4.79 Å². The van der Waals surface area contributed by atoms with Crippen molar-refractivity contribution >= 4 is 15.6 Å². The Morgan fingerprint density at radius 1 is 1.00 bits per heavy atom. The molecule has 0 fully saturated rings. The topological polar surface area (TPSA) is 69.0 Å². The summed E-state index contributed by atoms with van der Waals surface area (Å²) in [6.45, 7) is 1.50. The molecule has 0 atom stereocenters. The summed E-state index contributed by atoms with van der Waals surface area (Å²) in [7, 11) is -3.26. The molecule has 134 valence electrons. The molecule has 1 heterocycles. The monoisotopic (exact) mass is 368 g/mol. The molecule has 0 aliphatic carbocycles. The van der Waals surface area contributed by atoms with Gasteiger partial charge in [-0.2, -0.15) is 5.10 Å². The first-order valence-corrected chi connectivity index (χ1v) is 10.2. The molecule has 6 heteroatoms. The van der Waals surface area contributed by atoms with Crippen molar-refractivity contribution in [1.82, 2.24) is 9.78 Å². The standard InChI is InChI=1S/C20H20N2O3S/c1-15(23)20-14-17(9-8-16-6-4-3-5-7-16)21-22(20)18-10-12-19(13-11-18)26(2,24)25/h3-7,10-14H,8-9H2,1-2H3. The van der Waals surface area contributed by atoms with E-state index in [1.807, 2.05) is 18.2 Å². The van der Waals surface area contributed by atoms with E-state index in [2.05, 4.69) is 17.2 Å². The summed E-state index contributed by atoms with van der Waals surface area (Å²) in [5, 5.41) is 4.56. The van der Waals surface area contributed by atoms with Crippen LogP contribution in [0.3, 0.4) is 0 Å². The van der Waals surface area contributed by atoms with Crippen molar-refractivity contribution in [2.24, 2.45) is 0 Å². The Morgan fingerprint density at radius 2 is 1.65 bits per heavy atom. The number of aromatic nitrogens is 2.